The van der Waals surface area contributed by atoms with Crippen LogP contribution in [0, 0.1) is 0 Å². The summed E-state index contributed by atoms with van der Waals surface area (Å²) in [5.74, 6) is 0.245. The van der Waals surface area contributed by atoms with Gasteiger partial charge in [-0.15, -0.1) is 0 Å². The highest BCUT2D eigenvalue weighted by atomic mass is 16.5. The van der Waals surface area contributed by atoms with Gasteiger partial charge >= 0.3 is 0 Å². The van der Waals surface area contributed by atoms with Crippen molar-refractivity contribution >= 4 is 11.8 Å². The molecule has 2 aliphatic heterocycles. The first-order valence-corrected chi connectivity index (χ1v) is 7.39. The van der Waals surface area contributed by atoms with E-state index in [2.05, 4.69) is 0 Å². The second kappa shape index (κ2) is 6.37. The number of hydrogen-bond acceptors (Lipinski definition) is 3. The third-order valence-electron chi connectivity index (χ3n) is 4.08. The Morgan fingerprint density at radius 2 is 2.00 bits per heavy atom. The Kier molecular flexibility index (Phi) is 4.80. The van der Waals surface area contributed by atoms with E-state index in [4.69, 9.17) is 4.74 Å². The zero-order valence-electron chi connectivity index (χ0n) is 11.9. The molecule has 0 radical (unpaired) electrons. The van der Waals surface area contributed by atoms with Crippen molar-refractivity contribution < 1.29 is 14.3 Å². The van der Waals surface area contributed by atoms with Gasteiger partial charge in [-0.1, -0.05) is 6.92 Å². The first kappa shape index (κ1) is 14.3. The molecular formula is C14H24N2O3. The quantitative estimate of drug-likeness (QED) is 0.700. The molecule has 19 heavy (non-hydrogen) atoms. The molecule has 2 saturated heterocycles. The van der Waals surface area contributed by atoms with Crippen LogP contribution in [0.3, 0.4) is 0 Å². The summed E-state index contributed by atoms with van der Waals surface area (Å²) in [4.78, 5) is 28.6. The first-order valence-electron chi connectivity index (χ1n) is 7.39. The lowest BCUT2D eigenvalue weighted by atomic mass is 9.94. The fraction of sp³-hybridized carbons (Fsp3) is 0.857. The minimum absolute atomic E-state index is 0.117. The maximum absolute atomic E-state index is 12.5. The van der Waals surface area contributed by atoms with E-state index in [-0.39, 0.29) is 23.9 Å². The van der Waals surface area contributed by atoms with Crippen LogP contribution in [0.5, 0.6) is 0 Å². The minimum Gasteiger partial charge on any atom is -0.380 e. The Bertz CT molecular complexity index is 346. The van der Waals surface area contributed by atoms with Crippen LogP contribution in [0.2, 0.25) is 0 Å². The number of hydrogen-bond donors (Lipinski definition) is 0. The predicted molar refractivity (Wildman–Crippen MR) is 71.6 cm³/mol. The van der Waals surface area contributed by atoms with Crippen molar-refractivity contribution in [1.82, 2.24) is 9.80 Å². The highest BCUT2D eigenvalue weighted by molar-refractivity contribution is 5.97. The smallest absolute Gasteiger partial charge is 0.246 e. The van der Waals surface area contributed by atoms with E-state index < -0.39 is 0 Å². The van der Waals surface area contributed by atoms with Crippen LogP contribution >= 0.6 is 0 Å². The molecule has 2 aliphatic rings. The van der Waals surface area contributed by atoms with Crippen LogP contribution in [0.15, 0.2) is 0 Å². The van der Waals surface area contributed by atoms with Crippen LogP contribution < -0.4 is 0 Å². The van der Waals surface area contributed by atoms with Gasteiger partial charge in [-0.2, -0.15) is 0 Å². The van der Waals surface area contributed by atoms with Gasteiger partial charge in [0.2, 0.25) is 11.8 Å². The normalized spacial score (nSPS) is 27.7. The van der Waals surface area contributed by atoms with E-state index in [0.29, 0.717) is 26.2 Å². The number of carbonyl (C=O) groups excluding carboxylic acids is 2. The average molecular weight is 268 g/mol. The van der Waals surface area contributed by atoms with Crippen molar-refractivity contribution in [2.75, 3.05) is 26.3 Å². The highest BCUT2D eigenvalue weighted by Gasteiger charge is 2.45. The van der Waals surface area contributed by atoms with Crippen molar-refractivity contribution in [1.29, 1.82) is 0 Å². The Hall–Kier alpha value is -1.10. The second-order valence-electron chi connectivity index (χ2n) is 5.20. The van der Waals surface area contributed by atoms with Gasteiger partial charge < -0.3 is 14.5 Å². The van der Waals surface area contributed by atoms with Gasteiger partial charge in [0.1, 0.15) is 12.1 Å². The fourth-order valence-electron chi connectivity index (χ4n) is 3.09. The number of piperidine rings is 1. The van der Waals surface area contributed by atoms with Gasteiger partial charge in [-0.25, -0.2) is 0 Å². The van der Waals surface area contributed by atoms with E-state index >= 15 is 0 Å². The lowest BCUT2D eigenvalue weighted by Crippen LogP contribution is -2.66. The lowest BCUT2D eigenvalue weighted by Gasteiger charge is -2.46. The topological polar surface area (TPSA) is 49.9 Å². The van der Waals surface area contributed by atoms with Crippen molar-refractivity contribution in [2.24, 2.45) is 0 Å². The van der Waals surface area contributed by atoms with Crippen LogP contribution in [-0.2, 0) is 14.3 Å². The molecule has 0 N–H and O–H groups in total. The number of amides is 2. The average Bonchev–Trinajstić information content (AvgIpc) is 2.44. The molecule has 2 rings (SSSR count). The summed E-state index contributed by atoms with van der Waals surface area (Å²) in [5, 5.41) is 0. The van der Waals surface area contributed by atoms with Crippen LogP contribution in [-0.4, -0.2) is 60.0 Å². The zero-order valence-corrected chi connectivity index (χ0v) is 11.9. The summed E-state index contributed by atoms with van der Waals surface area (Å²) < 4.78 is 5.33. The standard InChI is InChI=1S/C14H24N2O3/c1-3-11-13(17)15-8-6-5-7-12(15)14(18)16(11)9-10-19-4-2/h11-12H,3-10H2,1-2H3. The Balaban J connectivity index is 2.11. The van der Waals surface area contributed by atoms with Crippen molar-refractivity contribution in [2.45, 2.75) is 51.6 Å². The SMILES string of the molecule is CCOCCN1C(=O)C2CCCCN2C(=O)C1CC. The highest BCUT2D eigenvalue weighted by Crippen LogP contribution is 2.27. The molecule has 5 nitrogen and oxygen atoms in total. The molecule has 0 aromatic carbocycles. The molecule has 2 heterocycles. The van der Waals surface area contributed by atoms with Crippen molar-refractivity contribution in [3.63, 3.8) is 0 Å². The number of piperazine rings is 1. The third kappa shape index (κ3) is 2.76. The van der Waals surface area contributed by atoms with E-state index in [1.807, 2.05) is 13.8 Å². The largest absolute Gasteiger partial charge is 0.380 e. The summed E-state index contributed by atoms with van der Waals surface area (Å²) in [5.41, 5.74) is 0. The molecular weight excluding hydrogens is 244 g/mol. The van der Waals surface area contributed by atoms with Crippen LogP contribution in [0.1, 0.15) is 39.5 Å². The number of ether oxygens (including phenoxy) is 1. The molecule has 0 aromatic heterocycles. The van der Waals surface area contributed by atoms with E-state index in [1.165, 1.54) is 0 Å². The van der Waals surface area contributed by atoms with Crippen molar-refractivity contribution in [3.05, 3.63) is 0 Å². The zero-order chi connectivity index (χ0) is 13.8. The predicted octanol–water partition coefficient (Wildman–Crippen LogP) is 1.02. The maximum atomic E-state index is 12.5. The Morgan fingerprint density at radius 1 is 1.21 bits per heavy atom. The summed E-state index contributed by atoms with van der Waals surface area (Å²) in [6.45, 7) is 6.32. The van der Waals surface area contributed by atoms with E-state index in [0.717, 1.165) is 25.8 Å². The van der Waals surface area contributed by atoms with Gasteiger partial charge in [0.15, 0.2) is 0 Å². The molecule has 0 aromatic rings. The Morgan fingerprint density at radius 3 is 2.68 bits per heavy atom. The summed E-state index contributed by atoms with van der Waals surface area (Å²) in [7, 11) is 0. The Labute approximate surface area is 114 Å². The molecule has 2 fully saturated rings. The first-order chi connectivity index (χ1) is 9.20. The molecule has 108 valence electrons. The van der Waals surface area contributed by atoms with Crippen LogP contribution in [0.25, 0.3) is 0 Å². The fourth-order valence-corrected chi connectivity index (χ4v) is 3.09. The molecule has 2 amide bonds. The molecule has 0 spiro atoms. The number of rotatable bonds is 5. The molecule has 2 unspecified atom stereocenters. The van der Waals surface area contributed by atoms with E-state index in [1.54, 1.807) is 9.80 Å². The lowest BCUT2D eigenvalue weighted by molar-refractivity contribution is -0.164. The molecule has 0 aliphatic carbocycles. The maximum Gasteiger partial charge on any atom is 0.246 e. The van der Waals surface area contributed by atoms with Gasteiger partial charge in [-0.3, -0.25) is 9.59 Å². The monoisotopic (exact) mass is 268 g/mol. The van der Waals surface area contributed by atoms with Crippen molar-refractivity contribution in [3.8, 4) is 0 Å². The number of carbonyl (C=O) groups is 2. The van der Waals surface area contributed by atoms with Gasteiger partial charge in [-0.05, 0) is 32.6 Å². The summed E-state index contributed by atoms with van der Waals surface area (Å²) in [6.07, 6.45) is 3.55. The minimum atomic E-state index is -0.290. The number of fused-ring (bicyclic) bond motifs is 1. The molecule has 0 saturated carbocycles. The summed E-state index contributed by atoms with van der Waals surface area (Å²) in [6, 6.07) is -0.506. The molecule has 2 atom stereocenters. The summed E-state index contributed by atoms with van der Waals surface area (Å²) >= 11 is 0. The van der Waals surface area contributed by atoms with E-state index in [9.17, 15) is 9.59 Å². The van der Waals surface area contributed by atoms with Gasteiger partial charge in [0, 0.05) is 19.7 Å². The second-order valence-corrected chi connectivity index (χ2v) is 5.20. The third-order valence-corrected chi connectivity index (χ3v) is 4.08. The van der Waals surface area contributed by atoms with Crippen LogP contribution in [0.4, 0.5) is 0 Å². The van der Waals surface area contributed by atoms with Gasteiger partial charge in [0.25, 0.3) is 0 Å². The number of nitrogens with zero attached hydrogens (tertiary/aromatic N) is 2. The molecule has 0 bridgehead atoms. The molecule has 5 heteroatoms. The van der Waals surface area contributed by atoms with Gasteiger partial charge in [0.05, 0.1) is 6.61 Å².